The molecule has 0 spiro atoms. The molecule has 0 aliphatic rings. The third-order valence-electron chi connectivity index (χ3n) is 2.85. The predicted molar refractivity (Wildman–Crippen MR) is 90.8 cm³/mol. The van der Waals surface area contributed by atoms with Crippen LogP contribution in [0, 0.1) is 10.5 Å². The molecule has 0 aliphatic carbocycles. The van der Waals surface area contributed by atoms with Crippen molar-refractivity contribution in [1.29, 1.82) is 0 Å². The van der Waals surface area contributed by atoms with Crippen LogP contribution in [0.1, 0.15) is 15.9 Å². The minimum absolute atomic E-state index is 0.00343. The first-order chi connectivity index (χ1) is 8.99. The lowest BCUT2D eigenvalue weighted by Gasteiger charge is -2.18. The second-order valence-electron chi connectivity index (χ2n) is 4.33. The second-order valence-corrected chi connectivity index (χ2v) is 6.41. The van der Waals surface area contributed by atoms with Crippen molar-refractivity contribution in [2.24, 2.45) is 0 Å². The third-order valence-corrected chi connectivity index (χ3v) is 4.29. The van der Waals surface area contributed by atoms with Crippen LogP contribution in [0.2, 0.25) is 0 Å². The average molecular weight is 430 g/mol. The molecule has 0 N–H and O–H groups in total. The van der Waals surface area contributed by atoms with Gasteiger partial charge < -0.3 is 4.90 Å². The fourth-order valence-electron chi connectivity index (χ4n) is 1.80. The average Bonchev–Trinajstić information content (AvgIpc) is 2.40. The minimum Gasteiger partial charge on any atom is -0.311 e. The molecular formula is C15H13BrINO. The zero-order valence-corrected chi connectivity index (χ0v) is 14.4. The Balaban J connectivity index is 2.36. The number of carbonyl (C=O) groups is 1. The zero-order chi connectivity index (χ0) is 14.0. The van der Waals surface area contributed by atoms with Gasteiger partial charge in [0.1, 0.15) is 0 Å². The molecule has 2 aromatic carbocycles. The summed E-state index contributed by atoms with van der Waals surface area (Å²) in [6.45, 7) is 2.02. The first kappa shape index (κ1) is 14.5. The van der Waals surface area contributed by atoms with Crippen molar-refractivity contribution in [3.05, 3.63) is 61.6 Å². The molecule has 0 unspecified atom stereocenters. The van der Waals surface area contributed by atoms with E-state index in [4.69, 9.17) is 0 Å². The van der Waals surface area contributed by atoms with Crippen LogP contribution in [0.15, 0.2) is 46.9 Å². The highest BCUT2D eigenvalue weighted by Gasteiger charge is 2.16. The van der Waals surface area contributed by atoms with E-state index in [-0.39, 0.29) is 5.91 Å². The molecule has 0 atom stereocenters. The van der Waals surface area contributed by atoms with Crippen LogP contribution in [0.25, 0.3) is 0 Å². The van der Waals surface area contributed by atoms with Gasteiger partial charge in [-0.05, 0) is 65.4 Å². The fraction of sp³-hybridized carbons (Fsp3) is 0.133. The van der Waals surface area contributed by atoms with E-state index >= 15 is 0 Å². The number of halogens is 2. The SMILES string of the molecule is Cc1cccc(N(C)C(=O)c2cc(Br)ccc2I)c1. The van der Waals surface area contributed by atoms with Crippen molar-refractivity contribution >= 4 is 50.1 Å². The van der Waals surface area contributed by atoms with Gasteiger partial charge in [0.2, 0.25) is 0 Å². The Morgan fingerprint density at radius 2 is 1.95 bits per heavy atom. The molecule has 0 fully saturated rings. The van der Waals surface area contributed by atoms with Crippen LogP contribution in [-0.4, -0.2) is 13.0 Å². The van der Waals surface area contributed by atoms with Gasteiger partial charge in [0.15, 0.2) is 0 Å². The lowest BCUT2D eigenvalue weighted by molar-refractivity contribution is 0.0992. The summed E-state index contributed by atoms with van der Waals surface area (Å²) < 4.78 is 1.86. The van der Waals surface area contributed by atoms with Crippen LogP contribution in [0.5, 0.6) is 0 Å². The number of aryl methyl sites for hydroxylation is 1. The van der Waals surface area contributed by atoms with Gasteiger partial charge in [-0.2, -0.15) is 0 Å². The van der Waals surface area contributed by atoms with Crippen LogP contribution >= 0.6 is 38.5 Å². The highest BCUT2D eigenvalue weighted by molar-refractivity contribution is 14.1. The van der Waals surface area contributed by atoms with E-state index in [9.17, 15) is 4.79 Å². The van der Waals surface area contributed by atoms with Crippen molar-refractivity contribution < 1.29 is 4.79 Å². The Labute approximate surface area is 135 Å². The van der Waals surface area contributed by atoms with Gasteiger partial charge in [-0.1, -0.05) is 28.1 Å². The molecular weight excluding hydrogens is 417 g/mol. The van der Waals surface area contributed by atoms with Gasteiger partial charge in [-0.3, -0.25) is 4.79 Å². The molecule has 1 amide bonds. The summed E-state index contributed by atoms with van der Waals surface area (Å²) >= 11 is 5.59. The molecule has 0 aromatic heterocycles. The lowest BCUT2D eigenvalue weighted by Crippen LogP contribution is -2.27. The van der Waals surface area contributed by atoms with Crippen molar-refractivity contribution in [2.75, 3.05) is 11.9 Å². The smallest absolute Gasteiger partial charge is 0.259 e. The normalized spacial score (nSPS) is 10.3. The second kappa shape index (κ2) is 6.05. The van der Waals surface area contributed by atoms with Crippen molar-refractivity contribution in [1.82, 2.24) is 0 Å². The molecule has 2 nitrogen and oxygen atoms in total. The Bertz CT molecular complexity index is 627. The first-order valence-corrected chi connectivity index (χ1v) is 7.66. The molecule has 0 saturated heterocycles. The van der Waals surface area contributed by atoms with Crippen LogP contribution < -0.4 is 4.90 Å². The third kappa shape index (κ3) is 3.36. The van der Waals surface area contributed by atoms with Crippen molar-refractivity contribution in [3.63, 3.8) is 0 Å². The van der Waals surface area contributed by atoms with Crippen LogP contribution in [0.4, 0.5) is 5.69 Å². The zero-order valence-electron chi connectivity index (χ0n) is 10.7. The fourth-order valence-corrected chi connectivity index (χ4v) is 2.72. The molecule has 0 saturated carbocycles. The van der Waals surface area contributed by atoms with E-state index in [1.807, 2.05) is 49.4 Å². The molecule has 2 aromatic rings. The van der Waals surface area contributed by atoms with Gasteiger partial charge in [0.05, 0.1) is 5.56 Å². The summed E-state index contributed by atoms with van der Waals surface area (Å²) in [7, 11) is 1.80. The highest BCUT2D eigenvalue weighted by atomic mass is 127. The van der Waals surface area contributed by atoms with Gasteiger partial charge in [-0.25, -0.2) is 0 Å². The molecule has 0 bridgehead atoms. The summed E-state index contributed by atoms with van der Waals surface area (Å²) in [5, 5.41) is 0. The molecule has 98 valence electrons. The largest absolute Gasteiger partial charge is 0.311 e. The Hall–Kier alpha value is -0.880. The van der Waals surface area contributed by atoms with Gasteiger partial charge in [-0.15, -0.1) is 0 Å². The number of hydrogen-bond acceptors (Lipinski definition) is 1. The van der Waals surface area contributed by atoms with Crippen LogP contribution in [-0.2, 0) is 0 Å². The molecule has 0 radical (unpaired) electrons. The monoisotopic (exact) mass is 429 g/mol. The first-order valence-electron chi connectivity index (χ1n) is 5.79. The molecule has 2 rings (SSSR count). The summed E-state index contributed by atoms with van der Waals surface area (Å²) in [5.74, 6) is -0.00343. The van der Waals surface area contributed by atoms with E-state index in [1.54, 1.807) is 11.9 Å². The number of rotatable bonds is 2. The predicted octanol–water partition coefficient (Wildman–Crippen LogP) is 4.64. The lowest BCUT2D eigenvalue weighted by atomic mass is 10.1. The Morgan fingerprint density at radius 1 is 1.21 bits per heavy atom. The molecule has 19 heavy (non-hydrogen) atoms. The molecule has 0 heterocycles. The highest BCUT2D eigenvalue weighted by Crippen LogP contribution is 2.22. The maximum absolute atomic E-state index is 12.5. The van der Waals surface area contributed by atoms with E-state index in [0.717, 1.165) is 19.3 Å². The maximum atomic E-state index is 12.5. The summed E-state index contributed by atoms with van der Waals surface area (Å²) in [6, 6.07) is 13.6. The number of benzene rings is 2. The molecule has 4 heteroatoms. The summed E-state index contributed by atoms with van der Waals surface area (Å²) in [6.07, 6.45) is 0. The quantitative estimate of drug-likeness (QED) is 0.637. The van der Waals surface area contributed by atoms with E-state index in [2.05, 4.69) is 38.5 Å². The van der Waals surface area contributed by atoms with Gasteiger partial charge in [0.25, 0.3) is 5.91 Å². The van der Waals surface area contributed by atoms with Crippen LogP contribution in [0.3, 0.4) is 0 Å². The van der Waals surface area contributed by atoms with E-state index in [0.29, 0.717) is 5.56 Å². The topological polar surface area (TPSA) is 20.3 Å². The Kier molecular flexibility index (Phi) is 4.62. The minimum atomic E-state index is -0.00343. The van der Waals surface area contributed by atoms with Crippen molar-refractivity contribution in [3.8, 4) is 0 Å². The number of amides is 1. The van der Waals surface area contributed by atoms with Gasteiger partial charge >= 0.3 is 0 Å². The summed E-state index contributed by atoms with van der Waals surface area (Å²) in [4.78, 5) is 14.2. The number of carbonyl (C=O) groups excluding carboxylic acids is 1. The number of hydrogen-bond donors (Lipinski definition) is 0. The molecule has 0 aliphatic heterocycles. The standard InChI is InChI=1S/C15H13BrINO/c1-10-4-3-5-12(8-10)18(2)15(19)13-9-11(16)6-7-14(13)17/h3-9H,1-2H3. The number of nitrogens with zero attached hydrogens (tertiary/aromatic N) is 1. The Morgan fingerprint density at radius 3 is 2.63 bits per heavy atom. The van der Waals surface area contributed by atoms with E-state index < -0.39 is 0 Å². The van der Waals surface area contributed by atoms with Gasteiger partial charge in [0, 0.05) is 20.8 Å². The van der Waals surface area contributed by atoms with E-state index in [1.165, 1.54) is 0 Å². The number of anilines is 1. The maximum Gasteiger partial charge on any atom is 0.259 e. The summed E-state index contributed by atoms with van der Waals surface area (Å²) in [5.41, 5.74) is 2.75. The van der Waals surface area contributed by atoms with Crippen molar-refractivity contribution in [2.45, 2.75) is 6.92 Å².